The number of unbranched alkanes of at least 4 members (excludes halogenated alkanes) is 23. The molecular formula is C83H138O16P2. The molecule has 101 heavy (non-hydrogen) atoms. The predicted molar refractivity (Wildman–Crippen MR) is 417 cm³/mol. The van der Waals surface area contributed by atoms with Crippen LogP contribution in [0.2, 0.25) is 0 Å². The largest absolute Gasteiger partial charge is 0.472 e. The van der Waals surface area contributed by atoms with Crippen molar-refractivity contribution in [2.75, 3.05) is 39.6 Å². The van der Waals surface area contributed by atoms with E-state index in [1.54, 1.807) is 0 Å². The van der Waals surface area contributed by atoms with Gasteiger partial charge in [0.1, 0.15) is 25.4 Å². The van der Waals surface area contributed by atoms with E-state index in [-0.39, 0.29) is 19.3 Å². The van der Waals surface area contributed by atoms with E-state index in [1.807, 2.05) is 12.2 Å². The summed E-state index contributed by atoms with van der Waals surface area (Å²) in [5.41, 5.74) is 0. The number of ether oxygens (including phenoxy) is 3. The average Bonchev–Trinajstić information content (AvgIpc) is 0.943. The first-order valence-electron chi connectivity index (χ1n) is 38.8. The minimum atomic E-state index is -4.96. The van der Waals surface area contributed by atoms with Crippen LogP contribution in [0.4, 0.5) is 0 Å². The Hall–Kier alpha value is -4.83. The first-order chi connectivity index (χ1) is 49.2. The van der Waals surface area contributed by atoms with Crippen molar-refractivity contribution in [1.82, 2.24) is 0 Å². The fraction of sp³-hybridized carbons (Fsp3) is 0.651. The maximum Gasteiger partial charge on any atom is 0.472 e. The first kappa shape index (κ1) is 96.2. The van der Waals surface area contributed by atoms with Gasteiger partial charge in [-0.25, -0.2) is 9.13 Å². The topological polar surface area (TPSA) is 231 Å². The van der Waals surface area contributed by atoms with Gasteiger partial charge in [-0.2, -0.15) is 0 Å². The van der Waals surface area contributed by atoms with Crippen LogP contribution in [0, 0.1) is 0 Å². The van der Waals surface area contributed by atoms with Crippen LogP contribution in [0.15, 0.2) is 158 Å². The van der Waals surface area contributed by atoms with E-state index in [2.05, 4.69) is 167 Å². The van der Waals surface area contributed by atoms with Gasteiger partial charge < -0.3 is 34.2 Å². The highest BCUT2D eigenvalue weighted by Crippen LogP contribution is 2.45. The molecule has 0 aliphatic rings. The molecule has 0 fully saturated rings. The van der Waals surface area contributed by atoms with Crippen LogP contribution in [0.3, 0.4) is 0 Å². The zero-order valence-corrected chi connectivity index (χ0v) is 64.6. The van der Waals surface area contributed by atoms with Crippen molar-refractivity contribution in [3.05, 3.63) is 158 Å². The van der Waals surface area contributed by atoms with Crippen LogP contribution in [0.1, 0.15) is 290 Å². The zero-order chi connectivity index (χ0) is 73.7. The third-order valence-corrected chi connectivity index (χ3v) is 17.6. The van der Waals surface area contributed by atoms with Crippen LogP contribution in [0.25, 0.3) is 0 Å². The summed E-state index contributed by atoms with van der Waals surface area (Å²) in [5, 5.41) is 20.6. The summed E-state index contributed by atoms with van der Waals surface area (Å²) in [6.45, 7) is 2.41. The van der Waals surface area contributed by atoms with Gasteiger partial charge in [0.05, 0.1) is 26.4 Å². The fourth-order valence-electron chi connectivity index (χ4n) is 9.81. The normalized spacial score (nSPS) is 14.9. The van der Waals surface area contributed by atoms with Crippen molar-refractivity contribution in [2.45, 2.75) is 309 Å². The Kier molecular flexibility index (Phi) is 71.3. The highest BCUT2D eigenvalue weighted by atomic mass is 31.2. The fourth-order valence-corrected chi connectivity index (χ4v) is 11.4. The molecular weight excluding hydrogens is 1310 g/mol. The molecule has 0 aromatic heterocycles. The number of aliphatic hydroxyl groups excluding tert-OH is 2. The monoisotopic (exact) mass is 1450 g/mol. The second kappa shape index (κ2) is 74.9. The smallest absolute Gasteiger partial charge is 0.463 e. The molecule has 0 radical (unpaired) electrons. The molecule has 0 aromatic carbocycles. The number of phosphoric ester groups is 2. The van der Waals surface area contributed by atoms with E-state index in [9.17, 15) is 43.5 Å². The Morgan fingerprint density at radius 3 is 0.861 bits per heavy atom. The molecule has 0 saturated heterocycles. The molecule has 5 unspecified atom stereocenters. The highest BCUT2D eigenvalue weighted by Gasteiger charge is 2.29. The molecule has 0 saturated carbocycles. The number of hydrogen-bond donors (Lipinski definition) is 4. The summed E-state index contributed by atoms with van der Waals surface area (Å²) in [7, 11) is -9.82. The highest BCUT2D eigenvalue weighted by molar-refractivity contribution is 7.47. The van der Waals surface area contributed by atoms with Crippen LogP contribution < -0.4 is 0 Å². The number of allylic oxidation sites excluding steroid dienone is 26. The Labute approximate surface area is 612 Å². The molecule has 0 heterocycles. The SMILES string of the molecule is CC/C=C\C/C=C\C/C=C\C/C=C\C/C=C\CCCC(=O)OC(COC(=O)CCCCCCCCC/C=C\C/C=C\C/C=C\C/C=C\CCCCC)COP(=O)(O)OCC(O)COP(=O)(O)OCC(O)COC(=O)CCCCCCCCCCC/C=C\C/C=C\C/C=C\C/C=C\CCCCC. The quantitative estimate of drug-likeness (QED) is 0.0146. The number of rotatable bonds is 72. The van der Waals surface area contributed by atoms with Gasteiger partial charge in [-0.3, -0.25) is 32.5 Å². The van der Waals surface area contributed by atoms with E-state index in [0.717, 1.165) is 148 Å². The predicted octanol–water partition coefficient (Wildman–Crippen LogP) is 22.6. The van der Waals surface area contributed by atoms with Gasteiger partial charge >= 0.3 is 33.6 Å². The Morgan fingerprint density at radius 2 is 0.535 bits per heavy atom. The lowest BCUT2D eigenvalue weighted by Gasteiger charge is -2.21. The van der Waals surface area contributed by atoms with Crippen molar-refractivity contribution in [3.8, 4) is 0 Å². The molecule has 0 amide bonds. The van der Waals surface area contributed by atoms with Gasteiger partial charge in [0.15, 0.2) is 6.10 Å². The van der Waals surface area contributed by atoms with Crippen molar-refractivity contribution in [3.63, 3.8) is 0 Å². The minimum absolute atomic E-state index is 0.0180. The molecule has 0 aliphatic carbocycles. The lowest BCUT2D eigenvalue weighted by atomic mass is 10.1. The third-order valence-electron chi connectivity index (χ3n) is 15.7. The summed E-state index contributed by atoms with van der Waals surface area (Å²) in [6.07, 6.45) is 92.9. The van der Waals surface area contributed by atoms with Crippen LogP contribution in [-0.2, 0) is 55.8 Å². The zero-order valence-electron chi connectivity index (χ0n) is 62.8. The lowest BCUT2D eigenvalue weighted by molar-refractivity contribution is -0.161. The Morgan fingerprint density at radius 1 is 0.287 bits per heavy atom. The molecule has 0 aliphatic heterocycles. The number of carbonyl (C=O) groups is 3. The Balaban J connectivity index is 4.70. The molecule has 0 aromatic rings. The average molecular weight is 1450 g/mol. The summed E-state index contributed by atoms with van der Waals surface area (Å²) in [5.74, 6) is -1.67. The molecule has 5 atom stereocenters. The number of phosphoric acid groups is 2. The van der Waals surface area contributed by atoms with E-state index >= 15 is 0 Å². The van der Waals surface area contributed by atoms with Gasteiger partial charge in [-0.15, -0.1) is 0 Å². The second-order valence-electron chi connectivity index (χ2n) is 25.4. The van der Waals surface area contributed by atoms with Gasteiger partial charge in [-0.1, -0.05) is 281 Å². The number of aliphatic hydroxyl groups is 2. The third kappa shape index (κ3) is 76.1. The standard InChI is InChI=1S/C83H138O16P2/c1-4-7-10-13-16-19-22-25-28-31-33-35-37-38-40-42-43-46-48-51-54-57-60-63-66-69-81(86)93-72-78(84)73-95-100(89,90)96-74-79(85)75-97-101(91,92)98-77-80(99-83(88)71-68-65-62-59-56-53-50-45-30-27-24-21-18-15-12-9-6-3)76-94-82(87)70-67-64-61-58-55-52-49-47-44-41-39-36-34-32-29-26-23-20-17-14-11-8-5-2/h9,12,16-21,25-30,33-36,38,40-41,44,50,53,59,62,78-80,84-85H,4-8,10-11,13-15,22-24,31-32,37,39,42-43,45-49,51-52,54-58,60-61,63-77H2,1-3H3,(H,89,90)(H,91,92)/b12-9-,19-16-,20-17-,21-18-,28-25-,29-26-,30-27-,35-33-,36-34-,40-38-,44-41-,53-50-,62-59-. The van der Waals surface area contributed by atoms with Crippen LogP contribution in [0.5, 0.6) is 0 Å². The van der Waals surface area contributed by atoms with Crippen LogP contribution in [-0.4, -0.2) is 95.9 Å². The van der Waals surface area contributed by atoms with E-state index in [0.29, 0.717) is 25.7 Å². The molecule has 0 rings (SSSR count). The molecule has 16 nitrogen and oxygen atoms in total. The number of carbonyl (C=O) groups excluding carboxylic acids is 3. The van der Waals surface area contributed by atoms with Crippen molar-refractivity contribution in [2.24, 2.45) is 0 Å². The second-order valence-corrected chi connectivity index (χ2v) is 28.3. The molecule has 576 valence electrons. The van der Waals surface area contributed by atoms with Gasteiger partial charge in [-0.05, 0) is 148 Å². The maximum atomic E-state index is 13.0. The summed E-state index contributed by atoms with van der Waals surface area (Å²) < 4.78 is 61.1. The molecule has 18 heteroatoms. The van der Waals surface area contributed by atoms with Crippen molar-refractivity contribution >= 4 is 33.6 Å². The van der Waals surface area contributed by atoms with Gasteiger partial charge in [0.25, 0.3) is 0 Å². The van der Waals surface area contributed by atoms with Crippen molar-refractivity contribution < 1.29 is 75.8 Å². The molecule has 0 spiro atoms. The summed E-state index contributed by atoms with van der Waals surface area (Å²) in [6, 6.07) is 0. The van der Waals surface area contributed by atoms with Gasteiger partial charge in [0, 0.05) is 19.3 Å². The van der Waals surface area contributed by atoms with Crippen LogP contribution >= 0.6 is 15.6 Å². The Bertz CT molecular complexity index is 2470. The van der Waals surface area contributed by atoms with Gasteiger partial charge in [0.2, 0.25) is 0 Å². The molecule has 0 bridgehead atoms. The lowest BCUT2D eigenvalue weighted by Crippen LogP contribution is -2.30. The number of hydrogen-bond acceptors (Lipinski definition) is 14. The minimum Gasteiger partial charge on any atom is -0.463 e. The first-order valence-corrected chi connectivity index (χ1v) is 41.8. The molecule has 4 N–H and O–H groups in total. The number of esters is 3. The van der Waals surface area contributed by atoms with Crippen molar-refractivity contribution in [1.29, 1.82) is 0 Å². The van der Waals surface area contributed by atoms with E-state index in [1.165, 1.54) is 77.0 Å². The van der Waals surface area contributed by atoms with E-state index < -0.39 is 91.5 Å². The summed E-state index contributed by atoms with van der Waals surface area (Å²) in [4.78, 5) is 58.6. The maximum absolute atomic E-state index is 13.0. The van der Waals surface area contributed by atoms with E-state index in [4.69, 9.17) is 32.3 Å². The summed E-state index contributed by atoms with van der Waals surface area (Å²) >= 11 is 0.